The first-order valence-electron chi connectivity index (χ1n) is 8.29. The van der Waals surface area contributed by atoms with Gasteiger partial charge in [-0.2, -0.15) is 0 Å². The minimum atomic E-state index is -3.65. The first-order chi connectivity index (χ1) is 12.1. The standard InChI is InChI=1S/C20H19NO3S/c1-24-19-12-13-20(17-10-4-3-9-16(17)19)25(22,23)21-14-6-8-15-7-2-5-11-18(15)21/h2-5,7,9-13H,6,8,14H2,1H3. The Morgan fingerprint density at radius 2 is 1.64 bits per heavy atom. The lowest BCUT2D eigenvalue weighted by Crippen LogP contribution is -2.35. The average molecular weight is 353 g/mol. The molecule has 0 unspecified atom stereocenters. The molecule has 5 heteroatoms. The summed E-state index contributed by atoms with van der Waals surface area (Å²) >= 11 is 0. The Morgan fingerprint density at radius 1 is 0.920 bits per heavy atom. The van der Waals surface area contributed by atoms with Crippen molar-refractivity contribution < 1.29 is 13.2 Å². The minimum absolute atomic E-state index is 0.320. The number of aryl methyl sites for hydroxylation is 1. The van der Waals surface area contributed by atoms with Crippen molar-refractivity contribution in [3.05, 3.63) is 66.2 Å². The van der Waals surface area contributed by atoms with Crippen molar-refractivity contribution in [1.82, 2.24) is 0 Å². The molecule has 0 radical (unpaired) electrons. The number of methoxy groups -OCH3 is 1. The number of fused-ring (bicyclic) bond motifs is 2. The van der Waals surface area contributed by atoms with E-state index in [1.54, 1.807) is 23.5 Å². The van der Waals surface area contributed by atoms with Crippen molar-refractivity contribution in [2.24, 2.45) is 0 Å². The van der Waals surface area contributed by atoms with Crippen LogP contribution < -0.4 is 9.04 Å². The molecule has 1 aliphatic heterocycles. The molecule has 3 aromatic carbocycles. The van der Waals surface area contributed by atoms with Crippen molar-refractivity contribution in [1.29, 1.82) is 0 Å². The first-order valence-corrected chi connectivity index (χ1v) is 9.73. The SMILES string of the molecule is COc1ccc(S(=O)(=O)N2CCCc3ccccc32)c2ccccc12. The zero-order valence-electron chi connectivity index (χ0n) is 14.0. The van der Waals surface area contributed by atoms with Gasteiger partial charge in [0.1, 0.15) is 5.75 Å². The molecule has 0 fully saturated rings. The maximum atomic E-state index is 13.4. The number of anilines is 1. The summed E-state index contributed by atoms with van der Waals surface area (Å²) < 4.78 is 33.8. The molecule has 0 spiro atoms. The van der Waals surface area contributed by atoms with E-state index in [0.29, 0.717) is 22.6 Å². The highest BCUT2D eigenvalue weighted by Crippen LogP contribution is 2.36. The summed E-state index contributed by atoms with van der Waals surface area (Å²) in [6.07, 6.45) is 1.73. The van der Waals surface area contributed by atoms with Gasteiger partial charge in [-0.15, -0.1) is 0 Å². The molecule has 128 valence electrons. The second-order valence-corrected chi connectivity index (χ2v) is 7.95. The highest BCUT2D eigenvalue weighted by molar-refractivity contribution is 7.93. The van der Waals surface area contributed by atoms with E-state index in [4.69, 9.17) is 4.74 Å². The molecule has 1 aliphatic rings. The number of hydrogen-bond acceptors (Lipinski definition) is 3. The lowest BCUT2D eigenvalue weighted by atomic mass is 10.0. The van der Waals surface area contributed by atoms with Gasteiger partial charge in [-0.05, 0) is 36.6 Å². The molecule has 0 bridgehead atoms. The first kappa shape index (κ1) is 16.0. The van der Waals surface area contributed by atoms with E-state index < -0.39 is 10.0 Å². The van der Waals surface area contributed by atoms with Crippen LogP contribution in [0.15, 0.2) is 65.6 Å². The fraction of sp³-hybridized carbons (Fsp3) is 0.200. The van der Waals surface area contributed by atoms with Gasteiger partial charge in [0.15, 0.2) is 0 Å². The molecule has 0 atom stereocenters. The Morgan fingerprint density at radius 3 is 2.44 bits per heavy atom. The molecule has 0 aromatic heterocycles. The van der Waals surface area contributed by atoms with E-state index in [1.807, 2.05) is 48.5 Å². The van der Waals surface area contributed by atoms with Crippen LogP contribution in [0, 0.1) is 0 Å². The molecule has 4 rings (SSSR count). The Labute approximate surface area is 147 Å². The predicted molar refractivity (Wildman–Crippen MR) is 99.8 cm³/mol. The van der Waals surface area contributed by atoms with Crippen LogP contribution in [0.1, 0.15) is 12.0 Å². The normalized spacial score (nSPS) is 14.4. The molecule has 0 saturated heterocycles. The Bertz CT molecular complexity index is 1040. The molecule has 0 N–H and O–H groups in total. The van der Waals surface area contributed by atoms with Gasteiger partial charge in [0.25, 0.3) is 10.0 Å². The molecule has 1 heterocycles. The predicted octanol–water partition coefficient (Wildman–Crippen LogP) is 3.99. The average Bonchev–Trinajstić information content (AvgIpc) is 2.66. The fourth-order valence-corrected chi connectivity index (χ4v) is 5.25. The second-order valence-electron chi connectivity index (χ2n) is 6.12. The van der Waals surface area contributed by atoms with E-state index in [2.05, 4.69) is 0 Å². The number of ether oxygens (including phenoxy) is 1. The van der Waals surface area contributed by atoms with Crippen molar-refractivity contribution >= 4 is 26.5 Å². The van der Waals surface area contributed by atoms with Crippen LogP contribution in [-0.2, 0) is 16.4 Å². The molecule has 4 nitrogen and oxygen atoms in total. The van der Waals surface area contributed by atoms with Crippen molar-refractivity contribution in [2.75, 3.05) is 18.0 Å². The minimum Gasteiger partial charge on any atom is -0.496 e. The summed E-state index contributed by atoms with van der Waals surface area (Å²) in [5.74, 6) is 0.675. The van der Waals surface area contributed by atoms with E-state index in [9.17, 15) is 8.42 Å². The lowest BCUT2D eigenvalue weighted by molar-refractivity contribution is 0.419. The van der Waals surface area contributed by atoms with Gasteiger partial charge >= 0.3 is 0 Å². The number of nitrogens with zero attached hydrogens (tertiary/aromatic N) is 1. The maximum Gasteiger partial charge on any atom is 0.264 e. The Balaban J connectivity index is 1.92. The number of sulfonamides is 1. The molecule has 25 heavy (non-hydrogen) atoms. The van der Waals surface area contributed by atoms with Crippen LogP contribution in [-0.4, -0.2) is 22.1 Å². The van der Waals surface area contributed by atoms with E-state index >= 15 is 0 Å². The summed E-state index contributed by atoms with van der Waals surface area (Å²) in [4.78, 5) is 0.320. The summed E-state index contributed by atoms with van der Waals surface area (Å²) in [6, 6.07) is 18.6. The zero-order chi connectivity index (χ0) is 17.4. The fourth-order valence-electron chi connectivity index (χ4n) is 3.51. The number of para-hydroxylation sites is 1. The Kier molecular flexibility index (Phi) is 3.88. The Hall–Kier alpha value is -2.53. The van der Waals surface area contributed by atoms with Crippen molar-refractivity contribution in [3.8, 4) is 5.75 Å². The highest BCUT2D eigenvalue weighted by atomic mass is 32.2. The van der Waals surface area contributed by atoms with Gasteiger partial charge in [-0.25, -0.2) is 8.42 Å². The molecule has 0 amide bonds. The summed E-state index contributed by atoms with van der Waals surface area (Å²) in [5, 5.41) is 1.49. The molecule has 3 aromatic rings. The lowest BCUT2D eigenvalue weighted by Gasteiger charge is -2.30. The molecule has 0 aliphatic carbocycles. The van der Waals surface area contributed by atoms with Crippen LogP contribution in [0.25, 0.3) is 10.8 Å². The van der Waals surface area contributed by atoms with Crippen LogP contribution in [0.4, 0.5) is 5.69 Å². The van der Waals surface area contributed by atoms with Gasteiger partial charge in [-0.1, -0.05) is 42.5 Å². The largest absolute Gasteiger partial charge is 0.496 e. The van der Waals surface area contributed by atoms with Gasteiger partial charge in [-0.3, -0.25) is 4.31 Å². The van der Waals surface area contributed by atoms with Crippen molar-refractivity contribution in [2.45, 2.75) is 17.7 Å². The van der Waals surface area contributed by atoms with Crippen LogP contribution in [0.5, 0.6) is 5.75 Å². The summed E-state index contributed by atoms with van der Waals surface area (Å²) in [6.45, 7) is 0.500. The number of rotatable bonds is 3. The van der Waals surface area contributed by atoms with E-state index in [1.165, 1.54) is 0 Å². The number of hydrogen-bond donors (Lipinski definition) is 0. The van der Waals surface area contributed by atoms with Crippen molar-refractivity contribution in [3.63, 3.8) is 0 Å². The van der Waals surface area contributed by atoms with Gasteiger partial charge in [0.2, 0.25) is 0 Å². The van der Waals surface area contributed by atoms with Crippen LogP contribution in [0.3, 0.4) is 0 Å². The van der Waals surface area contributed by atoms with Gasteiger partial charge in [0.05, 0.1) is 17.7 Å². The topological polar surface area (TPSA) is 46.6 Å². The van der Waals surface area contributed by atoms with Gasteiger partial charge in [0, 0.05) is 17.3 Å². The second kappa shape index (κ2) is 6.08. The summed E-state index contributed by atoms with van der Waals surface area (Å²) in [5.41, 5.74) is 1.86. The zero-order valence-corrected chi connectivity index (χ0v) is 14.8. The van der Waals surface area contributed by atoms with E-state index in [-0.39, 0.29) is 0 Å². The molecular weight excluding hydrogens is 334 g/mol. The van der Waals surface area contributed by atoms with Gasteiger partial charge < -0.3 is 4.74 Å². The van der Waals surface area contributed by atoms with Crippen LogP contribution >= 0.6 is 0 Å². The third-order valence-corrected chi connectivity index (χ3v) is 6.57. The quantitative estimate of drug-likeness (QED) is 0.715. The third kappa shape index (κ3) is 2.55. The third-order valence-electron chi connectivity index (χ3n) is 4.70. The highest BCUT2D eigenvalue weighted by Gasteiger charge is 2.30. The maximum absolute atomic E-state index is 13.4. The molecular formula is C20H19NO3S. The van der Waals surface area contributed by atoms with E-state index in [0.717, 1.165) is 29.5 Å². The summed E-state index contributed by atoms with van der Waals surface area (Å²) in [7, 11) is -2.06. The monoisotopic (exact) mass is 353 g/mol. The smallest absolute Gasteiger partial charge is 0.264 e. The van der Waals surface area contributed by atoms with Crippen LogP contribution in [0.2, 0.25) is 0 Å². The number of benzene rings is 3. The molecule has 0 saturated carbocycles.